The number of aromatic nitrogens is 8. The van der Waals surface area contributed by atoms with Crippen LogP contribution in [0.15, 0.2) is 373 Å². The second-order valence-electron chi connectivity index (χ2n) is 26.5. The summed E-state index contributed by atoms with van der Waals surface area (Å²) in [6, 6.07) is 126. The molecule has 0 N–H and O–H groups in total. The molecule has 6 heterocycles. The maximum Gasteiger partial charge on any atom is 0.164 e. The van der Waals surface area contributed by atoms with Gasteiger partial charge in [-0.05, 0) is 137 Å². The van der Waals surface area contributed by atoms with Crippen LogP contribution in [0.3, 0.4) is 0 Å². The molecule has 0 amide bonds. The molecular weight excluding hydrogens is 1300 g/mol. The Morgan fingerprint density at radius 3 is 0.840 bits per heavy atom. The van der Waals surface area contributed by atoms with Crippen LogP contribution in [0.2, 0.25) is 0 Å². The van der Waals surface area contributed by atoms with E-state index in [1.54, 1.807) is 0 Å². The Balaban J connectivity index is 0.000000141. The Morgan fingerprint density at radius 1 is 0.160 bits per heavy atom. The van der Waals surface area contributed by atoms with Gasteiger partial charge in [-0.3, -0.25) is 0 Å². The van der Waals surface area contributed by atoms with Crippen molar-refractivity contribution in [2.45, 2.75) is 0 Å². The predicted octanol–water partition coefficient (Wildman–Crippen LogP) is 24.7. The first-order valence-corrected chi connectivity index (χ1v) is 35.5. The summed E-state index contributed by atoms with van der Waals surface area (Å²) in [5, 5.41) is 9.33. The summed E-state index contributed by atoms with van der Waals surface area (Å²) in [5.74, 6) is 3.84. The highest BCUT2D eigenvalue weighted by Gasteiger charge is 2.21. The number of benzene rings is 15. The first-order valence-electron chi connectivity index (χ1n) is 35.5. The zero-order chi connectivity index (χ0) is 70.0. The van der Waals surface area contributed by atoms with Gasteiger partial charge in [-0.25, -0.2) is 29.9 Å². The fourth-order valence-electron chi connectivity index (χ4n) is 15.0. The van der Waals surface area contributed by atoms with E-state index in [1.165, 1.54) is 27.1 Å². The molecule has 21 rings (SSSR count). The van der Waals surface area contributed by atoms with Crippen LogP contribution in [0.1, 0.15) is 0 Å². The van der Waals surface area contributed by atoms with Gasteiger partial charge in [0.15, 0.2) is 34.9 Å². The largest absolute Gasteiger partial charge is 0.456 e. The SMILES string of the molecule is c1ccc(-c2nc(-c3ccccc3)nc(-c3cccc(-c4cccc(-n5c6ccccc6c6cc(-c7ccc8oc9ccccc9c8c7)ccc65)c4)c3)n2)cc1.c1ccc(-c2nc(-c3ccccc3)nc(-c3cccc(-n4c5ccccc5c5cc(-c6ccc7oc8ccccc8c7c6)ccc54)c3)n2)cc1. The van der Waals surface area contributed by atoms with Gasteiger partial charge in [0.25, 0.3) is 0 Å². The number of nitrogens with zero attached hydrogens (tertiary/aromatic N) is 8. The van der Waals surface area contributed by atoms with E-state index in [0.29, 0.717) is 34.9 Å². The molecule has 0 saturated carbocycles. The molecule has 0 fully saturated rings. The monoisotopic (exact) mass is 1360 g/mol. The van der Waals surface area contributed by atoms with Gasteiger partial charge in [0.2, 0.25) is 0 Å². The van der Waals surface area contributed by atoms with Gasteiger partial charge in [-0.15, -0.1) is 0 Å². The van der Waals surface area contributed by atoms with Crippen LogP contribution >= 0.6 is 0 Å². The molecule has 10 heteroatoms. The molecule has 0 aliphatic heterocycles. The molecule has 0 saturated heterocycles. The van der Waals surface area contributed by atoms with Crippen LogP contribution in [0, 0.1) is 0 Å². The number of hydrogen-bond acceptors (Lipinski definition) is 8. The van der Waals surface area contributed by atoms with E-state index in [0.717, 1.165) is 139 Å². The van der Waals surface area contributed by atoms with Crippen molar-refractivity contribution in [1.29, 1.82) is 0 Å². The van der Waals surface area contributed by atoms with Crippen molar-refractivity contribution in [3.63, 3.8) is 0 Å². The van der Waals surface area contributed by atoms with E-state index in [4.69, 9.17) is 38.7 Å². The van der Waals surface area contributed by atoms with Crippen molar-refractivity contribution in [3.05, 3.63) is 364 Å². The molecule has 6 aromatic heterocycles. The fourth-order valence-corrected chi connectivity index (χ4v) is 15.0. The van der Waals surface area contributed by atoms with Crippen molar-refractivity contribution in [2.24, 2.45) is 0 Å². The highest BCUT2D eigenvalue weighted by Crippen LogP contribution is 2.42. The highest BCUT2D eigenvalue weighted by atomic mass is 16.3. The molecule has 15 aromatic carbocycles. The van der Waals surface area contributed by atoms with E-state index in [9.17, 15) is 0 Å². The molecule has 0 radical (unpaired) electrons. The fraction of sp³-hybridized carbons (Fsp3) is 0. The molecular formula is C96H60N8O2. The summed E-state index contributed by atoms with van der Waals surface area (Å²) in [6.45, 7) is 0. The number of fused-ring (bicyclic) bond motifs is 12. The van der Waals surface area contributed by atoms with Gasteiger partial charge in [0, 0.05) is 87.8 Å². The van der Waals surface area contributed by atoms with Crippen LogP contribution < -0.4 is 0 Å². The Morgan fingerprint density at radius 2 is 0.425 bits per heavy atom. The maximum atomic E-state index is 6.12. The quantitative estimate of drug-likeness (QED) is 0.126. The summed E-state index contributed by atoms with van der Waals surface area (Å²) in [4.78, 5) is 29.7. The number of hydrogen-bond donors (Lipinski definition) is 0. The van der Waals surface area contributed by atoms with Crippen molar-refractivity contribution in [2.75, 3.05) is 0 Å². The predicted molar refractivity (Wildman–Crippen MR) is 432 cm³/mol. The van der Waals surface area contributed by atoms with Crippen molar-refractivity contribution >= 4 is 87.5 Å². The Labute approximate surface area is 608 Å². The van der Waals surface area contributed by atoms with Gasteiger partial charge in [-0.1, -0.05) is 261 Å². The van der Waals surface area contributed by atoms with Crippen LogP contribution in [-0.2, 0) is 0 Å². The first kappa shape index (κ1) is 61.4. The second kappa shape index (κ2) is 25.8. The summed E-state index contributed by atoms with van der Waals surface area (Å²) in [5.41, 5.74) is 22.8. The van der Waals surface area contributed by atoms with Crippen molar-refractivity contribution < 1.29 is 8.83 Å². The molecule has 0 bridgehead atoms. The third-order valence-electron chi connectivity index (χ3n) is 20.1. The lowest BCUT2D eigenvalue weighted by molar-refractivity contribution is 0.668. The molecule has 10 nitrogen and oxygen atoms in total. The van der Waals surface area contributed by atoms with E-state index in [1.807, 2.05) is 146 Å². The average Bonchev–Trinajstić information content (AvgIpc) is 1.59. The van der Waals surface area contributed by atoms with E-state index >= 15 is 0 Å². The Kier molecular flexibility index (Phi) is 15.0. The zero-order valence-corrected chi connectivity index (χ0v) is 57.0. The summed E-state index contributed by atoms with van der Waals surface area (Å²) in [7, 11) is 0. The third kappa shape index (κ3) is 11.1. The third-order valence-corrected chi connectivity index (χ3v) is 20.1. The smallest absolute Gasteiger partial charge is 0.164 e. The van der Waals surface area contributed by atoms with Crippen molar-refractivity contribution in [3.8, 4) is 113 Å². The topological polar surface area (TPSA) is 113 Å². The lowest BCUT2D eigenvalue weighted by Crippen LogP contribution is -2.01. The molecule has 0 aliphatic rings. The van der Waals surface area contributed by atoms with Crippen LogP contribution in [0.4, 0.5) is 0 Å². The minimum absolute atomic E-state index is 0.629. The van der Waals surface area contributed by atoms with Crippen LogP contribution in [-0.4, -0.2) is 39.0 Å². The molecule has 0 aliphatic carbocycles. The minimum atomic E-state index is 0.629. The molecule has 0 unspecified atom stereocenters. The summed E-state index contributed by atoms with van der Waals surface area (Å²) >= 11 is 0. The van der Waals surface area contributed by atoms with Gasteiger partial charge in [0.05, 0.1) is 22.1 Å². The molecule has 0 atom stereocenters. The minimum Gasteiger partial charge on any atom is -0.456 e. The van der Waals surface area contributed by atoms with Crippen LogP contribution in [0.25, 0.3) is 201 Å². The van der Waals surface area contributed by atoms with Gasteiger partial charge in [0.1, 0.15) is 22.3 Å². The van der Waals surface area contributed by atoms with Gasteiger partial charge >= 0.3 is 0 Å². The lowest BCUT2D eigenvalue weighted by atomic mass is 10.0. The maximum absolute atomic E-state index is 6.12. The average molecular weight is 1360 g/mol. The number of rotatable bonds is 11. The van der Waals surface area contributed by atoms with Crippen LogP contribution in [0.5, 0.6) is 0 Å². The molecule has 106 heavy (non-hydrogen) atoms. The second-order valence-corrected chi connectivity index (χ2v) is 26.5. The van der Waals surface area contributed by atoms with E-state index in [-0.39, 0.29) is 0 Å². The lowest BCUT2D eigenvalue weighted by Gasteiger charge is -2.12. The van der Waals surface area contributed by atoms with Crippen molar-refractivity contribution in [1.82, 2.24) is 39.0 Å². The zero-order valence-electron chi connectivity index (χ0n) is 57.0. The first-order chi connectivity index (χ1) is 52.5. The van der Waals surface area contributed by atoms with Gasteiger partial charge < -0.3 is 18.0 Å². The summed E-state index contributed by atoms with van der Waals surface area (Å²) < 4.78 is 16.9. The molecule has 21 aromatic rings. The van der Waals surface area contributed by atoms with E-state index < -0.39 is 0 Å². The standard InChI is InChI=1S/C51H32N4O.C45H28N4O/c1-3-13-33(14-4-1)49-52-50(34-15-5-2-6-16-34)54-51(53-49)39-19-11-17-35(29-39)36-18-12-20-40(30-36)55-45-23-9-7-21-41(45)43-31-37(25-27-46(43)55)38-26-28-48-44(32-38)42-22-8-10-24-47(42)56-48;1-3-12-29(13-4-1)43-46-44(30-14-5-2-6-15-30)48-45(47-43)33-16-11-17-34(26-33)49-39-20-9-7-18-35(39)37-27-31(22-24-40(37)49)32-23-25-42-38(28-32)36-19-8-10-21-41(36)50-42/h1-32H;1-28H. The van der Waals surface area contributed by atoms with Gasteiger partial charge in [-0.2, -0.15) is 0 Å². The molecule has 0 spiro atoms. The number of para-hydroxylation sites is 4. The molecule has 496 valence electrons. The normalized spacial score (nSPS) is 11.6. The van der Waals surface area contributed by atoms with E-state index in [2.05, 4.69) is 228 Å². The highest BCUT2D eigenvalue weighted by molar-refractivity contribution is 6.13. The number of furan rings is 2. The summed E-state index contributed by atoms with van der Waals surface area (Å²) in [6.07, 6.45) is 0. The Bertz CT molecular complexity index is 6850. The Hall–Kier alpha value is -14.5.